The van der Waals surface area contributed by atoms with Gasteiger partial charge < -0.3 is 4.74 Å². The second-order valence-corrected chi connectivity index (χ2v) is 3.38. The van der Waals surface area contributed by atoms with Crippen LogP contribution in [-0.2, 0) is 11.3 Å². The number of carbonyl (C=O) groups is 1. The number of amides is 1. The van der Waals surface area contributed by atoms with Crippen LogP contribution in [0.2, 0.25) is 0 Å². The number of ether oxygens (including phenoxy) is 1. The van der Waals surface area contributed by atoms with E-state index in [9.17, 15) is 4.79 Å². The molecule has 2 N–H and O–H groups in total. The van der Waals surface area contributed by atoms with E-state index in [0.29, 0.717) is 0 Å². The van der Waals surface area contributed by atoms with Crippen LogP contribution >= 0.6 is 0 Å². The molecule has 2 aromatic rings. The fourth-order valence-electron chi connectivity index (χ4n) is 1.24. The molecule has 1 heterocycles. The Kier molecular flexibility index (Phi) is 3.65. The number of benzene rings is 1. The fraction of sp³-hybridized carbons (Fsp3) is 0.0909. The van der Waals surface area contributed by atoms with E-state index in [-0.39, 0.29) is 12.6 Å². The fourth-order valence-corrected chi connectivity index (χ4v) is 1.24. The number of carbonyl (C=O) groups excluding carboxylic acids is 1. The zero-order chi connectivity index (χ0) is 12.8. The normalized spacial score (nSPS) is 9.78. The first-order valence-electron chi connectivity index (χ1n) is 5.17. The summed E-state index contributed by atoms with van der Waals surface area (Å²) >= 11 is 0. The van der Waals surface area contributed by atoms with E-state index < -0.39 is 6.09 Å². The SMILES string of the molecule is N=C(NC(=O)OCc1ccccc1)n1cncn1. The minimum Gasteiger partial charge on any atom is -0.444 e. The first-order chi connectivity index (χ1) is 8.75. The second-order valence-electron chi connectivity index (χ2n) is 3.38. The van der Waals surface area contributed by atoms with Crippen LogP contribution in [0.5, 0.6) is 0 Å². The summed E-state index contributed by atoms with van der Waals surface area (Å²) < 4.78 is 6.06. The molecule has 18 heavy (non-hydrogen) atoms. The predicted molar refractivity (Wildman–Crippen MR) is 62.9 cm³/mol. The van der Waals surface area contributed by atoms with Gasteiger partial charge in [-0.25, -0.2) is 9.78 Å². The van der Waals surface area contributed by atoms with Gasteiger partial charge in [-0.3, -0.25) is 10.7 Å². The highest BCUT2D eigenvalue weighted by Crippen LogP contribution is 2.00. The van der Waals surface area contributed by atoms with E-state index in [0.717, 1.165) is 10.2 Å². The van der Waals surface area contributed by atoms with Crippen molar-refractivity contribution in [1.82, 2.24) is 20.1 Å². The molecule has 1 amide bonds. The number of nitrogens with zero attached hydrogens (tertiary/aromatic N) is 3. The molecule has 0 unspecified atom stereocenters. The molecule has 0 fully saturated rings. The van der Waals surface area contributed by atoms with E-state index >= 15 is 0 Å². The molecule has 92 valence electrons. The van der Waals surface area contributed by atoms with Crippen molar-refractivity contribution in [2.75, 3.05) is 0 Å². The third-order valence-corrected chi connectivity index (χ3v) is 2.08. The van der Waals surface area contributed by atoms with Crippen LogP contribution in [0.4, 0.5) is 4.79 Å². The maximum Gasteiger partial charge on any atom is 0.414 e. The predicted octanol–water partition coefficient (Wildman–Crippen LogP) is 0.987. The summed E-state index contributed by atoms with van der Waals surface area (Å²) in [5.74, 6) is -0.217. The molecular weight excluding hydrogens is 234 g/mol. The standard InChI is InChI=1S/C11H11N5O2/c12-10(16-8-13-7-14-16)15-11(17)18-6-9-4-2-1-3-5-9/h1-5,7-8H,6H2,(H2,12,15,17). The number of nitrogens with one attached hydrogen (secondary N) is 2. The Labute approximate surface area is 103 Å². The summed E-state index contributed by atoms with van der Waals surface area (Å²) in [5.41, 5.74) is 0.875. The number of rotatable bonds is 2. The van der Waals surface area contributed by atoms with Gasteiger partial charge in [0.1, 0.15) is 19.3 Å². The highest BCUT2D eigenvalue weighted by Gasteiger charge is 2.07. The summed E-state index contributed by atoms with van der Waals surface area (Å²) in [5, 5.41) is 13.4. The molecule has 7 heteroatoms. The zero-order valence-corrected chi connectivity index (χ0v) is 9.41. The van der Waals surface area contributed by atoms with E-state index in [4.69, 9.17) is 10.1 Å². The Bertz CT molecular complexity index is 524. The summed E-state index contributed by atoms with van der Waals surface area (Å²) in [7, 11) is 0. The lowest BCUT2D eigenvalue weighted by Crippen LogP contribution is -2.35. The van der Waals surface area contributed by atoms with E-state index in [1.165, 1.54) is 12.7 Å². The van der Waals surface area contributed by atoms with Crippen LogP contribution in [0, 0.1) is 5.41 Å². The molecule has 0 aliphatic rings. The summed E-state index contributed by atoms with van der Waals surface area (Å²) in [4.78, 5) is 15.0. The first kappa shape index (κ1) is 11.8. The van der Waals surface area contributed by atoms with Crippen molar-refractivity contribution >= 4 is 12.1 Å². The lowest BCUT2D eigenvalue weighted by molar-refractivity contribution is 0.144. The Hall–Kier alpha value is -2.70. The van der Waals surface area contributed by atoms with Crippen molar-refractivity contribution in [2.24, 2.45) is 0 Å². The molecule has 7 nitrogen and oxygen atoms in total. The van der Waals surface area contributed by atoms with Gasteiger partial charge in [-0.05, 0) is 5.56 Å². The summed E-state index contributed by atoms with van der Waals surface area (Å²) in [6.45, 7) is 0.150. The molecule has 0 aliphatic heterocycles. The summed E-state index contributed by atoms with van der Waals surface area (Å²) in [6, 6.07) is 9.28. The van der Waals surface area contributed by atoms with Crippen LogP contribution in [0.15, 0.2) is 43.0 Å². The van der Waals surface area contributed by atoms with E-state index in [1.54, 1.807) is 0 Å². The average Bonchev–Trinajstić information content (AvgIpc) is 2.91. The minimum absolute atomic E-state index is 0.150. The maximum atomic E-state index is 11.4. The van der Waals surface area contributed by atoms with Crippen molar-refractivity contribution < 1.29 is 9.53 Å². The average molecular weight is 245 g/mol. The first-order valence-corrected chi connectivity index (χ1v) is 5.17. The molecule has 0 atom stereocenters. The lowest BCUT2D eigenvalue weighted by Gasteiger charge is -2.07. The number of aromatic nitrogens is 3. The molecule has 0 bridgehead atoms. The quantitative estimate of drug-likeness (QED) is 0.609. The van der Waals surface area contributed by atoms with Crippen molar-refractivity contribution in [3.05, 3.63) is 48.5 Å². The van der Waals surface area contributed by atoms with E-state index in [1.807, 2.05) is 30.3 Å². The van der Waals surface area contributed by atoms with Gasteiger partial charge in [-0.2, -0.15) is 9.78 Å². The summed E-state index contributed by atoms with van der Waals surface area (Å²) in [6.07, 6.45) is 1.87. The number of hydrogen-bond donors (Lipinski definition) is 2. The highest BCUT2D eigenvalue weighted by molar-refractivity contribution is 5.92. The number of alkyl carbamates (subject to hydrolysis) is 1. The Morgan fingerprint density at radius 1 is 1.39 bits per heavy atom. The molecule has 0 aliphatic carbocycles. The third kappa shape index (κ3) is 3.14. The van der Waals surface area contributed by atoms with Gasteiger partial charge in [-0.15, -0.1) is 0 Å². The molecule has 0 radical (unpaired) electrons. The molecule has 0 saturated carbocycles. The van der Waals surface area contributed by atoms with Crippen LogP contribution < -0.4 is 5.32 Å². The van der Waals surface area contributed by atoms with Crippen LogP contribution in [0.3, 0.4) is 0 Å². The van der Waals surface area contributed by atoms with Gasteiger partial charge in [0.15, 0.2) is 0 Å². The Morgan fingerprint density at radius 2 is 2.17 bits per heavy atom. The molecular formula is C11H11N5O2. The smallest absolute Gasteiger partial charge is 0.414 e. The van der Waals surface area contributed by atoms with E-state index in [2.05, 4.69) is 15.4 Å². The topological polar surface area (TPSA) is 92.9 Å². The van der Waals surface area contributed by atoms with Crippen LogP contribution in [0.25, 0.3) is 0 Å². The van der Waals surface area contributed by atoms with Gasteiger partial charge >= 0.3 is 6.09 Å². The maximum absolute atomic E-state index is 11.4. The monoisotopic (exact) mass is 245 g/mol. The Balaban J connectivity index is 1.81. The molecule has 2 rings (SSSR count). The molecule has 1 aromatic carbocycles. The molecule has 1 aromatic heterocycles. The van der Waals surface area contributed by atoms with Gasteiger partial charge in [0.05, 0.1) is 0 Å². The van der Waals surface area contributed by atoms with Crippen LogP contribution in [-0.4, -0.2) is 26.8 Å². The van der Waals surface area contributed by atoms with Crippen molar-refractivity contribution in [2.45, 2.75) is 6.61 Å². The lowest BCUT2D eigenvalue weighted by atomic mass is 10.2. The molecule has 0 spiro atoms. The van der Waals surface area contributed by atoms with Gasteiger partial charge in [-0.1, -0.05) is 30.3 Å². The van der Waals surface area contributed by atoms with Gasteiger partial charge in [0.2, 0.25) is 5.96 Å². The molecule has 0 saturated heterocycles. The van der Waals surface area contributed by atoms with Crippen LogP contribution in [0.1, 0.15) is 5.56 Å². The van der Waals surface area contributed by atoms with Crippen molar-refractivity contribution in [3.8, 4) is 0 Å². The van der Waals surface area contributed by atoms with Crippen molar-refractivity contribution in [1.29, 1.82) is 5.41 Å². The van der Waals surface area contributed by atoms with Gasteiger partial charge in [0.25, 0.3) is 0 Å². The largest absolute Gasteiger partial charge is 0.444 e. The second kappa shape index (κ2) is 5.58. The van der Waals surface area contributed by atoms with Gasteiger partial charge in [0, 0.05) is 0 Å². The highest BCUT2D eigenvalue weighted by atomic mass is 16.5. The minimum atomic E-state index is -0.709. The number of hydrogen-bond acceptors (Lipinski definition) is 5. The van der Waals surface area contributed by atoms with Crippen molar-refractivity contribution in [3.63, 3.8) is 0 Å². The third-order valence-electron chi connectivity index (χ3n) is 2.08. The Morgan fingerprint density at radius 3 is 2.83 bits per heavy atom. The zero-order valence-electron chi connectivity index (χ0n) is 9.41.